The van der Waals surface area contributed by atoms with Crippen LogP contribution in [0.5, 0.6) is 5.75 Å². The fourth-order valence-corrected chi connectivity index (χ4v) is 4.89. The number of aryl methyl sites for hydroxylation is 1. The number of hydrogen-bond donors (Lipinski definition) is 0. The van der Waals surface area contributed by atoms with E-state index < -0.39 is 0 Å². The van der Waals surface area contributed by atoms with Crippen LogP contribution in [0.1, 0.15) is 30.9 Å². The third-order valence-corrected chi connectivity index (χ3v) is 6.73. The van der Waals surface area contributed by atoms with E-state index in [9.17, 15) is 4.79 Å². The minimum absolute atomic E-state index is 0.0293. The molecule has 5 nitrogen and oxygen atoms in total. The van der Waals surface area contributed by atoms with Crippen LogP contribution in [0.25, 0.3) is 23.0 Å². The van der Waals surface area contributed by atoms with Crippen LogP contribution in [0.3, 0.4) is 0 Å². The van der Waals surface area contributed by atoms with E-state index in [4.69, 9.17) is 22.1 Å². The summed E-state index contributed by atoms with van der Waals surface area (Å²) in [7, 11) is 1.66. The summed E-state index contributed by atoms with van der Waals surface area (Å²) in [6.45, 7) is 4.80. The molecule has 1 aromatic heterocycles. The molecule has 7 heteroatoms. The first-order chi connectivity index (χ1) is 15.5. The van der Waals surface area contributed by atoms with E-state index >= 15 is 0 Å². The summed E-state index contributed by atoms with van der Waals surface area (Å²) in [4.78, 5) is 15.3. The van der Waals surface area contributed by atoms with E-state index in [0.29, 0.717) is 15.8 Å². The molecule has 0 bridgehead atoms. The van der Waals surface area contributed by atoms with Gasteiger partial charge in [0.25, 0.3) is 5.91 Å². The molecule has 1 aliphatic rings. The average Bonchev–Trinajstić information content (AvgIpc) is 3.33. The van der Waals surface area contributed by atoms with Crippen molar-refractivity contribution < 1.29 is 9.53 Å². The molecule has 0 radical (unpaired) electrons. The standard InChI is InChI=1S/C25H25N3O2S2/c1-4-5-13-27-24(29)22(32-25(27)31)15-18-16-28(19-9-7-6-8-10-19)26-23(18)21-12-11-20(30-3)14-17(21)2/h6-12,14-16H,4-5,13H2,1-3H3/b22-15-. The van der Waals surface area contributed by atoms with Crippen molar-refractivity contribution in [2.75, 3.05) is 13.7 Å². The molecular weight excluding hydrogens is 438 g/mol. The van der Waals surface area contributed by atoms with Crippen molar-refractivity contribution in [1.29, 1.82) is 0 Å². The van der Waals surface area contributed by atoms with Gasteiger partial charge in [-0.1, -0.05) is 55.5 Å². The van der Waals surface area contributed by atoms with Crippen molar-refractivity contribution in [2.45, 2.75) is 26.7 Å². The number of nitrogens with zero attached hydrogens (tertiary/aromatic N) is 3. The van der Waals surface area contributed by atoms with Crippen LogP contribution in [0.4, 0.5) is 0 Å². The predicted molar refractivity (Wildman–Crippen MR) is 135 cm³/mol. The normalized spacial score (nSPS) is 15.1. The van der Waals surface area contributed by atoms with Crippen LogP contribution >= 0.6 is 24.0 Å². The molecule has 1 amide bonds. The third kappa shape index (κ3) is 4.49. The fraction of sp³-hybridized carbons (Fsp3) is 0.240. The number of thiocarbonyl (C=S) groups is 1. The second-order valence-electron chi connectivity index (χ2n) is 7.58. The van der Waals surface area contributed by atoms with Crippen LogP contribution in [-0.2, 0) is 4.79 Å². The van der Waals surface area contributed by atoms with E-state index in [1.54, 1.807) is 12.0 Å². The first-order valence-corrected chi connectivity index (χ1v) is 11.8. The zero-order valence-electron chi connectivity index (χ0n) is 18.4. The highest BCUT2D eigenvalue weighted by Gasteiger charge is 2.32. The lowest BCUT2D eigenvalue weighted by atomic mass is 10.0. The number of methoxy groups -OCH3 is 1. The molecule has 1 aliphatic heterocycles. The summed E-state index contributed by atoms with van der Waals surface area (Å²) in [6, 6.07) is 15.9. The second kappa shape index (κ2) is 9.71. The fourth-order valence-electron chi connectivity index (χ4n) is 3.59. The number of unbranched alkanes of at least 4 members (excludes halogenated alkanes) is 1. The summed E-state index contributed by atoms with van der Waals surface area (Å²) in [6.07, 6.45) is 5.83. The Morgan fingerprint density at radius 1 is 1.19 bits per heavy atom. The molecule has 1 fully saturated rings. The van der Waals surface area contributed by atoms with Crippen molar-refractivity contribution >= 4 is 40.3 Å². The Bertz CT molecular complexity index is 1190. The Labute approximate surface area is 198 Å². The van der Waals surface area contributed by atoms with Crippen molar-refractivity contribution in [3.63, 3.8) is 0 Å². The molecule has 4 rings (SSSR count). The molecule has 3 aromatic rings. The van der Waals surface area contributed by atoms with Gasteiger partial charge in [-0.3, -0.25) is 9.69 Å². The molecule has 2 heterocycles. The number of carbonyl (C=O) groups is 1. The van der Waals surface area contributed by atoms with E-state index in [2.05, 4.69) is 6.92 Å². The molecule has 0 atom stereocenters. The maximum Gasteiger partial charge on any atom is 0.266 e. The predicted octanol–water partition coefficient (Wildman–Crippen LogP) is 5.86. The highest BCUT2D eigenvalue weighted by atomic mass is 32.2. The van der Waals surface area contributed by atoms with Gasteiger partial charge in [-0.15, -0.1) is 0 Å². The summed E-state index contributed by atoms with van der Waals surface area (Å²) >= 11 is 6.83. The molecule has 0 saturated carbocycles. The molecule has 0 N–H and O–H groups in total. The maximum atomic E-state index is 13.0. The molecule has 0 spiro atoms. The first-order valence-electron chi connectivity index (χ1n) is 10.6. The lowest BCUT2D eigenvalue weighted by Gasteiger charge is -2.13. The molecule has 0 aliphatic carbocycles. The highest BCUT2D eigenvalue weighted by molar-refractivity contribution is 8.26. The van der Waals surface area contributed by atoms with Crippen LogP contribution in [-0.4, -0.2) is 38.6 Å². The van der Waals surface area contributed by atoms with Crippen molar-refractivity contribution in [1.82, 2.24) is 14.7 Å². The van der Waals surface area contributed by atoms with E-state index in [1.807, 2.05) is 72.4 Å². The largest absolute Gasteiger partial charge is 0.497 e. The monoisotopic (exact) mass is 463 g/mol. The maximum absolute atomic E-state index is 13.0. The highest BCUT2D eigenvalue weighted by Crippen LogP contribution is 2.36. The van der Waals surface area contributed by atoms with Gasteiger partial charge < -0.3 is 4.74 Å². The lowest BCUT2D eigenvalue weighted by Crippen LogP contribution is -2.28. The number of para-hydroxylation sites is 1. The number of thioether (sulfide) groups is 1. The zero-order chi connectivity index (χ0) is 22.7. The number of carbonyl (C=O) groups excluding carboxylic acids is 1. The number of amides is 1. The van der Waals surface area contributed by atoms with Gasteiger partial charge >= 0.3 is 0 Å². The minimum Gasteiger partial charge on any atom is -0.497 e. The minimum atomic E-state index is -0.0293. The molecule has 32 heavy (non-hydrogen) atoms. The summed E-state index contributed by atoms with van der Waals surface area (Å²) < 4.78 is 7.83. The summed E-state index contributed by atoms with van der Waals surface area (Å²) in [5.41, 5.74) is 4.68. The van der Waals surface area contributed by atoms with Gasteiger partial charge in [-0.2, -0.15) is 5.10 Å². The van der Waals surface area contributed by atoms with Gasteiger partial charge in [-0.25, -0.2) is 4.68 Å². The quantitative estimate of drug-likeness (QED) is 0.325. The van der Waals surface area contributed by atoms with Crippen LogP contribution in [0.2, 0.25) is 0 Å². The first kappa shape index (κ1) is 22.3. The topological polar surface area (TPSA) is 47.4 Å². The number of aromatic nitrogens is 2. The Morgan fingerprint density at radius 2 is 1.97 bits per heavy atom. The van der Waals surface area contributed by atoms with Crippen LogP contribution in [0.15, 0.2) is 59.6 Å². The second-order valence-corrected chi connectivity index (χ2v) is 9.26. The molecule has 2 aromatic carbocycles. The van der Waals surface area contributed by atoms with E-state index in [-0.39, 0.29) is 5.91 Å². The van der Waals surface area contributed by atoms with Gasteiger partial charge in [0.05, 0.1) is 17.7 Å². The number of hydrogen-bond acceptors (Lipinski definition) is 5. The van der Waals surface area contributed by atoms with Crippen LogP contribution in [0, 0.1) is 6.92 Å². The van der Waals surface area contributed by atoms with Gasteiger partial charge in [0.2, 0.25) is 0 Å². The van der Waals surface area contributed by atoms with Gasteiger partial charge in [0.15, 0.2) is 0 Å². The molecule has 0 unspecified atom stereocenters. The number of rotatable bonds is 7. The van der Waals surface area contributed by atoms with Gasteiger partial charge in [0, 0.05) is 23.9 Å². The third-order valence-electron chi connectivity index (χ3n) is 5.35. The summed E-state index contributed by atoms with van der Waals surface area (Å²) in [5, 5.41) is 4.89. The zero-order valence-corrected chi connectivity index (χ0v) is 20.0. The Morgan fingerprint density at radius 3 is 2.66 bits per heavy atom. The molecular formula is C25H25N3O2S2. The SMILES string of the molecule is CCCCN1C(=O)/C(=C/c2cn(-c3ccccc3)nc2-c2ccc(OC)cc2C)SC1=S. The average molecular weight is 464 g/mol. The Hall–Kier alpha value is -2.90. The van der Waals surface area contributed by atoms with Crippen molar-refractivity contribution in [3.05, 3.63) is 70.8 Å². The van der Waals surface area contributed by atoms with E-state index in [1.165, 1.54) is 11.8 Å². The van der Waals surface area contributed by atoms with E-state index in [0.717, 1.165) is 46.7 Å². The molecule has 1 saturated heterocycles. The number of ether oxygens (including phenoxy) is 1. The van der Waals surface area contributed by atoms with Gasteiger partial charge in [0.1, 0.15) is 15.8 Å². The number of benzene rings is 2. The smallest absolute Gasteiger partial charge is 0.266 e. The molecule has 164 valence electrons. The Kier molecular flexibility index (Phi) is 6.77. The van der Waals surface area contributed by atoms with Crippen molar-refractivity contribution in [3.8, 4) is 22.7 Å². The lowest BCUT2D eigenvalue weighted by molar-refractivity contribution is -0.122. The van der Waals surface area contributed by atoms with Crippen LogP contribution < -0.4 is 4.74 Å². The summed E-state index contributed by atoms with van der Waals surface area (Å²) in [5.74, 6) is 0.769. The van der Waals surface area contributed by atoms with Crippen molar-refractivity contribution in [2.24, 2.45) is 0 Å². The Balaban J connectivity index is 1.79. The van der Waals surface area contributed by atoms with Gasteiger partial charge in [-0.05, 0) is 55.3 Å².